The van der Waals surface area contributed by atoms with Crippen LogP contribution in [0.15, 0.2) is 12.3 Å². The summed E-state index contributed by atoms with van der Waals surface area (Å²) in [7, 11) is -1.99. The molecule has 0 spiro atoms. The minimum atomic E-state index is -3.75. The average Bonchev–Trinajstić information content (AvgIpc) is 2.94. The normalized spacial score (nSPS) is 29.2. The van der Waals surface area contributed by atoms with E-state index in [0.29, 0.717) is 18.8 Å². The summed E-state index contributed by atoms with van der Waals surface area (Å²) in [6, 6.07) is 0.988. The molecule has 9 nitrogen and oxygen atoms in total. The van der Waals surface area contributed by atoms with Crippen molar-refractivity contribution >= 4 is 21.9 Å². The van der Waals surface area contributed by atoms with Crippen molar-refractivity contribution in [2.24, 2.45) is 7.05 Å². The van der Waals surface area contributed by atoms with Crippen LogP contribution in [0, 0.1) is 0 Å². The minimum Gasteiger partial charge on any atom is -0.373 e. The summed E-state index contributed by atoms with van der Waals surface area (Å²) in [5, 5.41) is 4.08. The van der Waals surface area contributed by atoms with Gasteiger partial charge in [0.1, 0.15) is 11.9 Å². The molecule has 1 aromatic heterocycles. The summed E-state index contributed by atoms with van der Waals surface area (Å²) in [5.74, 6) is 0.426. The Hall–Kier alpha value is -1.49. The van der Waals surface area contributed by atoms with Gasteiger partial charge in [0.25, 0.3) is 10.2 Å². The highest BCUT2D eigenvalue weighted by atomic mass is 32.2. The van der Waals surface area contributed by atoms with Gasteiger partial charge in [-0.15, -0.1) is 0 Å². The number of hydrogen-bond acceptors (Lipinski definition) is 5. The molecule has 10 heteroatoms. The van der Waals surface area contributed by atoms with Crippen LogP contribution in [0.4, 0.5) is 5.82 Å². The second kappa shape index (κ2) is 7.02. The van der Waals surface area contributed by atoms with Crippen LogP contribution in [0.2, 0.25) is 0 Å². The number of nitrogens with zero attached hydrogens (tertiary/aromatic N) is 4. The predicted octanol–water partition coefficient (Wildman–Crippen LogP) is -0.141. The molecule has 2 aliphatic rings. The molecule has 140 valence electrons. The summed E-state index contributed by atoms with van der Waals surface area (Å²) >= 11 is 0. The number of aryl methyl sites for hydroxylation is 1. The minimum absolute atomic E-state index is 0.173. The van der Waals surface area contributed by atoms with E-state index in [1.807, 2.05) is 13.8 Å². The summed E-state index contributed by atoms with van der Waals surface area (Å²) in [4.78, 5) is 14.4. The number of carbonyl (C=O) groups excluding carboxylic acids is 1. The van der Waals surface area contributed by atoms with Gasteiger partial charge < -0.3 is 4.74 Å². The number of piperidine rings is 1. The topological polar surface area (TPSA) is 96.8 Å². The quantitative estimate of drug-likeness (QED) is 0.795. The van der Waals surface area contributed by atoms with Gasteiger partial charge in [-0.2, -0.15) is 22.5 Å². The van der Waals surface area contributed by atoms with Gasteiger partial charge in [-0.05, 0) is 26.7 Å². The van der Waals surface area contributed by atoms with E-state index < -0.39 is 16.3 Å². The first-order chi connectivity index (χ1) is 11.8. The molecule has 1 N–H and O–H groups in total. The zero-order valence-electron chi connectivity index (χ0n) is 14.8. The van der Waals surface area contributed by atoms with E-state index in [4.69, 9.17) is 4.74 Å². The molecule has 2 saturated heterocycles. The summed E-state index contributed by atoms with van der Waals surface area (Å²) in [6.45, 7) is 4.81. The van der Waals surface area contributed by atoms with Crippen molar-refractivity contribution in [2.45, 2.75) is 44.9 Å². The molecule has 0 unspecified atom stereocenters. The standard InChI is InChI=1S/C15H25N5O4S/c1-11-9-19(10-12(2)24-11)25(22,23)17-13-5-4-8-20(15(13)21)14-6-7-16-18(14)3/h6-7,11-13,17H,4-5,8-10H2,1-3H3/t11-,12-,13+/m1/s1. The molecule has 2 aliphatic heterocycles. The molecule has 0 bridgehead atoms. The molecule has 3 heterocycles. The average molecular weight is 371 g/mol. The molecule has 1 aromatic rings. The van der Waals surface area contributed by atoms with E-state index in [1.54, 1.807) is 28.9 Å². The number of carbonyl (C=O) groups is 1. The molecular weight excluding hydrogens is 346 g/mol. The lowest BCUT2D eigenvalue weighted by Crippen LogP contribution is -2.58. The second-order valence-electron chi connectivity index (χ2n) is 6.69. The van der Waals surface area contributed by atoms with Crippen molar-refractivity contribution in [3.05, 3.63) is 12.3 Å². The number of hydrogen-bond donors (Lipinski definition) is 1. The fraction of sp³-hybridized carbons (Fsp3) is 0.733. The monoisotopic (exact) mass is 371 g/mol. The molecule has 3 atom stereocenters. The van der Waals surface area contributed by atoms with E-state index in [0.717, 1.165) is 6.42 Å². The van der Waals surface area contributed by atoms with E-state index >= 15 is 0 Å². The van der Waals surface area contributed by atoms with Gasteiger partial charge in [0.15, 0.2) is 0 Å². The molecule has 25 heavy (non-hydrogen) atoms. The third-order valence-electron chi connectivity index (χ3n) is 4.53. The predicted molar refractivity (Wildman–Crippen MR) is 92.2 cm³/mol. The Morgan fingerprint density at radius 3 is 2.56 bits per heavy atom. The smallest absolute Gasteiger partial charge is 0.280 e. The highest BCUT2D eigenvalue weighted by Crippen LogP contribution is 2.21. The number of aromatic nitrogens is 2. The Bertz CT molecular complexity index is 724. The van der Waals surface area contributed by atoms with Crippen molar-refractivity contribution in [2.75, 3.05) is 24.5 Å². The van der Waals surface area contributed by atoms with E-state index in [9.17, 15) is 13.2 Å². The van der Waals surface area contributed by atoms with Crippen LogP contribution in [0.1, 0.15) is 26.7 Å². The largest absolute Gasteiger partial charge is 0.373 e. The SMILES string of the molecule is C[C@@H]1CN(S(=O)(=O)N[C@H]2CCCN(c3ccnn3C)C2=O)C[C@@H](C)O1. The molecule has 0 aliphatic carbocycles. The van der Waals surface area contributed by atoms with E-state index in [1.165, 1.54) is 4.31 Å². The molecule has 0 radical (unpaired) electrons. The third-order valence-corrected chi connectivity index (χ3v) is 6.09. The number of rotatable bonds is 4. The number of morpholine rings is 1. The Kier molecular flexibility index (Phi) is 5.14. The van der Waals surface area contributed by atoms with Crippen molar-refractivity contribution in [3.63, 3.8) is 0 Å². The van der Waals surface area contributed by atoms with Crippen LogP contribution >= 0.6 is 0 Å². The Labute approximate surface area is 148 Å². The van der Waals surface area contributed by atoms with Crippen LogP contribution in [0.3, 0.4) is 0 Å². The van der Waals surface area contributed by atoms with E-state index in [-0.39, 0.29) is 31.2 Å². The van der Waals surface area contributed by atoms with Gasteiger partial charge in [0.2, 0.25) is 5.91 Å². The van der Waals surface area contributed by atoms with Gasteiger partial charge in [-0.25, -0.2) is 0 Å². The second-order valence-corrected chi connectivity index (χ2v) is 8.40. The van der Waals surface area contributed by atoms with Crippen molar-refractivity contribution in [3.8, 4) is 0 Å². The van der Waals surface area contributed by atoms with E-state index in [2.05, 4.69) is 9.82 Å². The highest BCUT2D eigenvalue weighted by molar-refractivity contribution is 7.87. The Balaban J connectivity index is 1.73. The van der Waals surface area contributed by atoms with Crippen LogP contribution in [-0.2, 0) is 26.8 Å². The lowest BCUT2D eigenvalue weighted by atomic mass is 10.1. The summed E-state index contributed by atoms with van der Waals surface area (Å²) in [6.07, 6.45) is 2.48. The van der Waals surface area contributed by atoms with Crippen molar-refractivity contribution < 1.29 is 17.9 Å². The maximum atomic E-state index is 12.8. The van der Waals surface area contributed by atoms with Crippen LogP contribution in [-0.4, -0.2) is 66.3 Å². The summed E-state index contributed by atoms with van der Waals surface area (Å²) in [5.41, 5.74) is 0. The van der Waals surface area contributed by atoms with Gasteiger partial charge in [0, 0.05) is 32.7 Å². The number of anilines is 1. The molecule has 0 saturated carbocycles. The van der Waals surface area contributed by atoms with Crippen molar-refractivity contribution in [1.29, 1.82) is 0 Å². The number of nitrogens with one attached hydrogen (secondary N) is 1. The van der Waals surface area contributed by atoms with Crippen molar-refractivity contribution in [1.82, 2.24) is 18.8 Å². The molecule has 2 fully saturated rings. The van der Waals surface area contributed by atoms with Crippen LogP contribution < -0.4 is 9.62 Å². The van der Waals surface area contributed by atoms with Crippen LogP contribution in [0.5, 0.6) is 0 Å². The van der Waals surface area contributed by atoms with Gasteiger partial charge in [-0.3, -0.25) is 14.4 Å². The zero-order valence-corrected chi connectivity index (χ0v) is 15.6. The first kappa shape index (κ1) is 18.3. The summed E-state index contributed by atoms with van der Waals surface area (Å²) < 4.78 is 36.6. The first-order valence-electron chi connectivity index (χ1n) is 8.50. The fourth-order valence-corrected chi connectivity index (χ4v) is 4.96. The highest BCUT2D eigenvalue weighted by Gasteiger charge is 2.37. The number of ether oxygens (including phenoxy) is 1. The molecule has 0 aromatic carbocycles. The van der Waals surface area contributed by atoms with Crippen LogP contribution in [0.25, 0.3) is 0 Å². The Morgan fingerprint density at radius 2 is 1.96 bits per heavy atom. The first-order valence-corrected chi connectivity index (χ1v) is 9.94. The molecule has 1 amide bonds. The van der Waals surface area contributed by atoms with Gasteiger partial charge >= 0.3 is 0 Å². The molecular formula is C15H25N5O4S. The lowest BCUT2D eigenvalue weighted by Gasteiger charge is -2.37. The zero-order chi connectivity index (χ0) is 18.2. The van der Waals surface area contributed by atoms with Gasteiger partial charge in [-0.1, -0.05) is 0 Å². The fourth-order valence-electron chi connectivity index (χ4n) is 3.43. The lowest BCUT2D eigenvalue weighted by molar-refractivity contribution is -0.121. The Morgan fingerprint density at radius 1 is 1.28 bits per heavy atom. The number of amides is 1. The maximum Gasteiger partial charge on any atom is 0.280 e. The maximum absolute atomic E-state index is 12.8. The third kappa shape index (κ3) is 3.86. The molecule has 3 rings (SSSR count). The van der Waals surface area contributed by atoms with Gasteiger partial charge in [0.05, 0.1) is 18.4 Å².